The molecule has 6 heteroatoms. The van der Waals surface area contributed by atoms with E-state index in [0.29, 0.717) is 16.9 Å². The highest BCUT2D eigenvalue weighted by atomic mass is 79.9. The van der Waals surface area contributed by atoms with Crippen LogP contribution in [0.2, 0.25) is 0 Å². The monoisotopic (exact) mass is 372 g/mol. The van der Waals surface area contributed by atoms with Gasteiger partial charge in [-0.2, -0.15) is 0 Å². The molecule has 1 N–H and O–H groups in total. The third kappa shape index (κ3) is 4.51. The molecule has 0 radical (unpaired) electrons. The van der Waals surface area contributed by atoms with E-state index in [1.807, 2.05) is 0 Å². The fourth-order valence-corrected chi connectivity index (χ4v) is 2.99. The van der Waals surface area contributed by atoms with E-state index in [0.717, 1.165) is 26.3 Å². The van der Waals surface area contributed by atoms with Crippen LogP contribution < -0.4 is 5.32 Å². The van der Waals surface area contributed by atoms with Crippen molar-refractivity contribution in [2.24, 2.45) is 5.92 Å². The lowest BCUT2D eigenvalue weighted by atomic mass is 10.0. The molecule has 4 nitrogen and oxygen atoms in total. The van der Waals surface area contributed by atoms with Gasteiger partial charge in [-0.1, -0.05) is 29.8 Å². The number of hydrogen-bond acceptors (Lipinski definition) is 3. The number of carbonyl (C=O) groups is 1. The van der Waals surface area contributed by atoms with Crippen LogP contribution in [0.5, 0.6) is 0 Å². The van der Waals surface area contributed by atoms with Crippen molar-refractivity contribution in [3.8, 4) is 0 Å². The summed E-state index contributed by atoms with van der Waals surface area (Å²) in [7, 11) is 0. The molecule has 2 rings (SSSR count). The van der Waals surface area contributed by atoms with Crippen molar-refractivity contribution in [3.05, 3.63) is 34.1 Å². The van der Waals surface area contributed by atoms with Crippen LogP contribution >= 0.6 is 15.9 Å². The van der Waals surface area contributed by atoms with E-state index in [4.69, 9.17) is 4.74 Å². The number of halogens is 2. The number of nitrogens with zero attached hydrogens (tertiary/aromatic N) is 1. The molecule has 0 aliphatic carbocycles. The van der Waals surface area contributed by atoms with Gasteiger partial charge in [-0.25, -0.2) is 4.39 Å². The van der Waals surface area contributed by atoms with Crippen LogP contribution in [-0.2, 0) is 4.74 Å². The molecule has 0 aromatic heterocycles. The molecule has 1 saturated heterocycles. The summed E-state index contributed by atoms with van der Waals surface area (Å²) >= 11 is 3.19. The summed E-state index contributed by atoms with van der Waals surface area (Å²) in [4.78, 5) is 14.5. The molecular formula is C16H22BrFN2O2. The fourth-order valence-electron chi connectivity index (χ4n) is 2.66. The lowest BCUT2D eigenvalue weighted by molar-refractivity contribution is 0.00672. The Hall–Kier alpha value is -0.980. The number of carbonyl (C=O) groups excluding carboxylic acids is 1. The lowest BCUT2D eigenvalue weighted by Crippen LogP contribution is -2.51. The van der Waals surface area contributed by atoms with E-state index in [-0.39, 0.29) is 17.5 Å². The quantitative estimate of drug-likeness (QED) is 0.863. The van der Waals surface area contributed by atoms with Crippen molar-refractivity contribution in [3.63, 3.8) is 0 Å². The maximum atomic E-state index is 13.8. The Bertz CT molecular complexity index is 519. The number of amides is 1. The van der Waals surface area contributed by atoms with Crippen molar-refractivity contribution in [2.45, 2.75) is 19.9 Å². The van der Waals surface area contributed by atoms with Gasteiger partial charge in [0.25, 0.3) is 5.91 Å². The van der Waals surface area contributed by atoms with Gasteiger partial charge in [-0.05, 0) is 24.1 Å². The second-order valence-corrected chi connectivity index (χ2v) is 6.71. The van der Waals surface area contributed by atoms with Gasteiger partial charge < -0.3 is 10.1 Å². The number of morpholine rings is 1. The van der Waals surface area contributed by atoms with Gasteiger partial charge in [0.05, 0.1) is 18.8 Å². The van der Waals surface area contributed by atoms with Crippen LogP contribution in [0.4, 0.5) is 4.39 Å². The first-order chi connectivity index (χ1) is 10.5. The SMILES string of the molecule is CC(C)C(CNC(=O)c1ccc(Br)cc1F)N1CCOCC1. The number of hydrogen-bond donors (Lipinski definition) is 1. The molecule has 1 aromatic carbocycles. The predicted octanol–water partition coefficient (Wildman–Crippen LogP) is 2.67. The first-order valence-corrected chi connectivity index (χ1v) is 8.33. The average Bonchev–Trinajstić information content (AvgIpc) is 2.48. The zero-order valence-corrected chi connectivity index (χ0v) is 14.5. The number of rotatable bonds is 5. The van der Waals surface area contributed by atoms with Crippen LogP contribution in [0.1, 0.15) is 24.2 Å². The van der Waals surface area contributed by atoms with Crippen molar-refractivity contribution in [2.75, 3.05) is 32.8 Å². The van der Waals surface area contributed by atoms with E-state index in [2.05, 4.69) is 40.0 Å². The molecule has 1 unspecified atom stereocenters. The van der Waals surface area contributed by atoms with Gasteiger partial charge in [0, 0.05) is 30.1 Å². The number of nitrogens with one attached hydrogen (secondary N) is 1. The van der Waals surface area contributed by atoms with E-state index in [1.54, 1.807) is 6.07 Å². The topological polar surface area (TPSA) is 41.6 Å². The summed E-state index contributed by atoms with van der Waals surface area (Å²) < 4.78 is 19.8. The maximum absolute atomic E-state index is 13.8. The van der Waals surface area contributed by atoms with Gasteiger partial charge in [-0.3, -0.25) is 9.69 Å². The summed E-state index contributed by atoms with van der Waals surface area (Å²) in [6.07, 6.45) is 0. The van der Waals surface area contributed by atoms with Crippen LogP contribution in [0, 0.1) is 11.7 Å². The summed E-state index contributed by atoms with van der Waals surface area (Å²) in [5.74, 6) is -0.489. The first kappa shape index (κ1) is 17.4. The van der Waals surface area contributed by atoms with E-state index in [1.165, 1.54) is 12.1 Å². The minimum atomic E-state index is -0.514. The molecule has 1 amide bonds. The lowest BCUT2D eigenvalue weighted by Gasteiger charge is -2.36. The molecule has 0 saturated carbocycles. The zero-order chi connectivity index (χ0) is 16.1. The van der Waals surface area contributed by atoms with Gasteiger partial charge in [0.15, 0.2) is 0 Å². The molecular weight excluding hydrogens is 351 g/mol. The summed E-state index contributed by atoms with van der Waals surface area (Å²) in [6, 6.07) is 4.69. The van der Waals surface area contributed by atoms with Gasteiger partial charge in [0.2, 0.25) is 0 Å². The van der Waals surface area contributed by atoms with Crippen LogP contribution in [0.25, 0.3) is 0 Å². The Labute approximate surface area is 139 Å². The molecule has 1 aliphatic heterocycles. The number of ether oxygens (including phenoxy) is 1. The minimum Gasteiger partial charge on any atom is -0.379 e. The molecule has 1 heterocycles. The Morgan fingerprint density at radius 2 is 2.09 bits per heavy atom. The van der Waals surface area contributed by atoms with E-state index >= 15 is 0 Å². The van der Waals surface area contributed by atoms with Gasteiger partial charge in [-0.15, -0.1) is 0 Å². The zero-order valence-electron chi connectivity index (χ0n) is 12.9. The van der Waals surface area contributed by atoms with Gasteiger partial charge >= 0.3 is 0 Å². The first-order valence-electron chi connectivity index (χ1n) is 7.54. The molecule has 0 bridgehead atoms. The molecule has 122 valence electrons. The molecule has 0 spiro atoms. The molecule has 1 aromatic rings. The maximum Gasteiger partial charge on any atom is 0.254 e. The van der Waals surface area contributed by atoms with E-state index in [9.17, 15) is 9.18 Å². The highest BCUT2D eigenvalue weighted by molar-refractivity contribution is 9.10. The van der Waals surface area contributed by atoms with E-state index < -0.39 is 5.82 Å². The highest BCUT2D eigenvalue weighted by Gasteiger charge is 2.24. The van der Waals surface area contributed by atoms with Crippen LogP contribution in [0.3, 0.4) is 0 Å². The molecule has 1 aliphatic rings. The Morgan fingerprint density at radius 3 is 2.68 bits per heavy atom. The molecule has 1 atom stereocenters. The largest absolute Gasteiger partial charge is 0.379 e. The third-order valence-corrected chi connectivity index (χ3v) is 4.43. The van der Waals surface area contributed by atoms with Crippen molar-refractivity contribution in [1.29, 1.82) is 0 Å². The molecule has 1 fully saturated rings. The van der Waals surface area contributed by atoms with Crippen molar-refractivity contribution < 1.29 is 13.9 Å². The summed E-state index contributed by atoms with van der Waals surface area (Å²) in [6.45, 7) is 7.94. The van der Waals surface area contributed by atoms with Crippen molar-refractivity contribution in [1.82, 2.24) is 10.2 Å². The second kappa shape index (κ2) is 8.04. The Kier molecular flexibility index (Phi) is 6.35. The Balaban J connectivity index is 1.97. The van der Waals surface area contributed by atoms with Gasteiger partial charge in [0.1, 0.15) is 5.82 Å². The van der Waals surface area contributed by atoms with Crippen LogP contribution in [-0.4, -0.2) is 49.7 Å². The fraction of sp³-hybridized carbons (Fsp3) is 0.562. The van der Waals surface area contributed by atoms with Crippen molar-refractivity contribution >= 4 is 21.8 Å². The average molecular weight is 373 g/mol. The highest BCUT2D eigenvalue weighted by Crippen LogP contribution is 2.16. The smallest absolute Gasteiger partial charge is 0.254 e. The normalized spacial score (nSPS) is 17.5. The predicted molar refractivity (Wildman–Crippen MR) is 87.5 cm³/mol. The second-order valence-electron chi connectivity index (χ2n) is 5.79. The third-order valence-electron chi connectivity index (χ3n) is 3.93. The standard InChI is InChI=1S/C16H22BrFN2O2/c1-11(2)15(20-5-7-22-8-6-20)10-19-16(21)13-4-3-12(17)9-14(13)18/h3-4,9,11,15H,5-8,10H2,1-2H3,(H,19,21). The Morgan fingerprint density at radius 1 is 1.41 bits per heavy atom. The summed E-state index contributed by atoms with van der Waals surface area (Å²) in [5.41, 5.74) is 0.0766. The van der Waals surface area contributed by atoms with Crippen LogP contribution in [0.15, 0.2) is 22.7 Å². The summed E-state index contributed by atoms with van der Waals surface area (Å²) in [5, 5.41) is 2.86. The minimum absolute atomic E-state index is 0.0766. The molecule has 22 heavy (non-hydrogen) atoms. The number of benzene rings is 1.